The van der Waals surface area contributed by atoms with E-state index in [2.05, 4.69) is 26.0 Å². The first-order valence-corrected chi connectivity index (χ1v) is 7.93. The molecule has 0 aliphatic carbocycles. The SMILES string of the molecule is CC(C)Cc1ccc(C(C)C(=O)OCC2CCCO2)cc1. The van der Waals surface area contributed by atoms with Gasteiger partial charge in [0.15, 0.2) is 0 Å². The van der Waals surface area contributed by atoms with Crippen molar-refractivity contribution < 1.29 is 14.3 Å². The van der Waals surface area contributed by atoms with E-state index in [-0.39, 0.29) is 18.0 Å². The first kappa shape index (κ1) is 16.0. The van der Waals surface area contributed by atoms with Crippen molar-refractivity contribution in [1.82, 2.24) is 0 Å². The second-order valence-corrected chi connectivity index (χ2v) is 6.33. The summed E-state index contributed by atoms with van der Waals surface area (Å²) in [5.74, 6) is 0.256. The minimum Gasteiger partial charge on any atom is -0.462 e. The smallest absolute Gasteiger partial charge is 0.313 e. The van der Waals surface area contributed by atoms with Gasteiger partial charge in [-0.15, -0.1) is 0 Å². The predicted molar refractivity (Wildman–Crippen MR) is 83.3 cm³/mol. The molecule has 21 heavy (non-hydrogen) atoms. The molecule has 0 radical (unpaired) electrons. The van der Waals surface area contributed by atoms with E-state index in [0.717, 1.165) is 31.4 Å². The highest BCUT2D eigenvalue weighted by atomic mass is 16.6. The standard InChI is InChI=1S/C18H26O3/c1-13(2)11-15-6-8-16(9-7-15)14(3)18(19)21-12-17-5-4-10-20-17/h6-9,13-14,17H,4-5,10-12H2,1-3H3. The summed E-state index contributed by atoms with van der Waals surface area (Å²) in [5, 5.41) is 0. The molecule has 0 saturated carbocycles. The fourth-order valence-electron chi connectivity index (χ4n) is 2.63. The molecule has 3 nitrogen and oxygen atoms in total. The molecule has 0 N–H and O–H groups in total. The molecule has 1 aliphatic rings. The summed E-state index contributed by atoms with van der Waals surface area (Å²) in [5.41, 5.74) is 2.33. The minimum atomic E-state index is -0.223. The number of esters is 1. The molecule has 2 atom stereocenters. The van der Waals surface area contributed by atoms with Gasteiger partial charge >= 0.3 is 5.97 Å². The Labute approximate surface area is 127 Å². The Morgan fingerprint density at radius 3 is 2.57 bits per heavy atom. The van der Waals surface area contributed by atoms with Gasteiger partial charge in [0.25, 0.3) is 0 Å². The van der Waals surface area contributed by atoms with Crippen LogP contribution in [0, 0.1) is 5.92 Å². The highest BCUT2D eigenvalue weighted by Crippen LogP contribution is 2.20. The molecule has 0 aromatic heterocycles. The molecule has 1 aliphatic heterocycles. The molecule has 1 fully saturated rings. The van der Waals surface area contributed by atoms with E-state index < -0.39 is 0 Å². The van der Waals surface area contributed by atoms with Gasteiger partial charge in [-0.05, 0) is 43.2 Å². The Kier molecular flexibility index (Phi) is 5.80. The molecule has 2 rings (SSSR count). The largest absolute Gasteiger partial charge is 0.462 e. The van der Waals surface area contributed by atoms with Crippen molar-refractivity contribution in [3.8, 4) is 0 Å². The van der Waals surface area contributed by atoms with Gasteiger partial charge in [0.1, 0.15) is 6.61 Å². The monoisotopic (exact) mass is 290 g/mol. The average Bonchev–Trinajstić information content (AvgIpc) is 2.97. The summed E-state index contributed by atoms with van der Waals surface area (Å²) in [4.78, 5) is 12.1. The predicted octanol–water partition coefficient (Wildman–Crippen LogP) is 3.71. The van der Waals surface area contributed by atoms with Gasteiger partial charge in [-0.3, -0.25) is 4.79 Å². The first-order valence-electron chi connectivity index (χ1n) is 7.93. The van der Waals surface area contributed by atoms with Gasteiger partial charge in [-0.25, -0.2) is 0 Å². The molecule has 0 amide bonds. The first-order chi connectivity index (χ1) is 10.1. The van der Waals surface area contributed by atoms with Gasteiger partial charge in [-0.1, -0.05) is 38.1 Å². The van der Waals surface area contributed by atoms with Crippen LogP contribution in [0.4, 0.5) is 0 Å². The van der Waals surface area contributed by atoms with E-state index in [4.69, 9.17) is 9.47 Å². The lowest BCUT2D eigenvalue weighted by Gasteiger charge is -2.15. The lowest BCUT2D eigenvalue weighted by atomic mass is 9.97. The molecule has 0 spiro atoms. The van der Waals surface area contributed by atoms with Crippen LogP contribution in [0.2, 0.25) is 0 Å². The average molecular weight is 290 g/mol. The fourth-order valence-corrected chi connectivity index (χ4v) is 2.63. The molecule has 1 aromatic carbocycles. The van der Waals surface area contributed by atoms with Crippen LogP contribution in [0.3, 0.4) is 0 Å². The van der Waals surface area contributed by atoms with Gasteiger partial charge in [0, 0.05) is 6.61 Å². The quantitative estimate of drug-likeness (QED) is 0.749. The highest BCUT2D eigenvalue weighted by Gasteiger charge is 2.21. The number of hydrogen-bond donors (Lipinski definition) is 0. The molecule has 2 unspecified atom stereocenters. The van der Waals surface area contributed by atoms with Crippen molar-refractivity contribution in [2.45, 2.75) is 52.1 Å². The van der Waals surface area contributed by atoms with Crippen LogP contribution < -0.4 is 0 Å². The maximum absolute atomic E-state index is 12.1. The normalized spacial score (nSPS) is 19.7. The maximum atomic E-state index is 12.1. The van der Waals surface area contributed by atoms with Gasteiger partial charge in [0.2, 0.25) is 0 Å². The number of ether oxygens (including phenoxy) is 2. The van der Waals surface area contributed by atoms with Crippen LogP contribution in [0.15, 0.2) is 24.3 Å². The summed E-state index contributed by atoms with van der Waals surface area (Å²) < 4.78 is 10.8. The topological polar surface area (TPSA) is 35.5 Å². The number of carbonyl (C=O) groups is 1. The van der Waals surface area contributed by atoms with Crippen molar-refractivity contribution in [3.05, 3.63) is 35.4 Å². The van der Waals surface area contributed by atoms with Crippen LogP contribution in [-0.4, -0.2) is 25.3 Å². The zero-order valence-electron chi connectivity index (χ0n) is 13.3. The molecule has 116 valence electrons. The third kappa shape index (κ3) is 4.85. The van der Waals surface area contributed by atoms with Gasteiger partial charge < -0.3 is 9.47 Å². The lowest BCUT2D eigenvalue weighted by molar-refractivity contribution is -0.148. The third-order valence-electron chi connectivity index (χ3n) is 3.91. The van der Waals surface area contributed by atoms with Crippen LogP contribution >= 0.6 is 0 Å². The lowest BCUT2D eigenvalue weighted by Crippen LogP contribution is -2.21. The Morgan fingerprint density at radius 2 is 2.00 bits per heavy atom. The van der Waals surface area contributed by atoms with Crippen LogP contribution in [0.25, 0.3) is 0 Å². The van der Waals surface area contributed by atoms with Crippen molar-refractivity contribution in [3.63, 3.8) is 0 Å². The van der Waals surface area contributed by atoms with E-state index in [1.807, 2.05) is 19.1 Å². The number of hydrogen-bond acceptors (Lipinski definition) is 3. The van der Waals surface area contributed by atoms with Crippen molar-refractivity contribution in [1.29, 1.82) is 0 Å². The van der Waals surface area contributed by atoms with E-state index in [1.165, 1.54) is 5.56 Å². The zero-order chi connectivity index (χ0) is 15.2. The van der Waals surface area contributed by atoms with E-state index in [9.17, 15) is 4.79 Å². The van der Waals surface area contributed by atoms with Crippen molar-refractivity contribution in [2.24, 2.45) is 5.92 Å². The molecule has 3 heteroatoms. The number of carbonyl (C=O) groups excluding carboxylic acids is 1. The van der Waals surface area contributed by atoms with Gasteiger partial charge in [-0.2, -0.15) is 0 Å². The molecule has 1 heterocycles. The third-order valence-corrected chi connectivity index (χ3v) is 3.91. The number of benzene rings is 1. The minimum absolute atomic E-state index is 0.0922. The molecule has 1 saturated heterocycles. The van der Waals surface area contributed by atoms with E-state index in [1.54, 1.807) is 0 Å². The summed E-state index contributed by atoms with van der Waals surface area (Å²) in [6, 6.07) is 8.30. The Bertz CT molecular complexity index is 444. The Morgan fingerprint density at radius 1 is 1.29 bits per heavy atom. The summed E-state index contributed by atoms with van der Waals surface area (Å²) >= 11 is 0. The molecule has 1 aromatic rings. The highest BCUT2D eigenvalue weighted by molar-refractivity contribution is 5.77. The number of rotatable bonds is 6. The fraction of sp³-hybridized carbons (Fsp3) is 0.611. The molecule has 0 bridgehead atoms. The molecular weight excluding hydrogens is 264 g/mol. The second-order valence-electron chi connectivity index (χ2n) is 6.33. The zero-order valence-corrected chi connectivity index (χ0v) is 13.3. The van der Waals surface area contributed by atoms with Crippen molar-refractivity contribution in [2.75, 3.05) is 13.2 Å². The van der Waals surface area contributed by atoms with Crippen LogP contribution in [-0.2, 0) is 20.7 Å². The summed E-state index contributed by atoms with van der Waals surface area (Å²) in [6.45, 7) is 7.48. The molecular formula is C18H26O3. The maximum Gasteiger partial charge on any atom is 0.313 e. The van der Waals surface area contributed by atoms with Crippen LogP contribution in [0.5, 0.6) is 0 Å². The summed E-state index contributed by atoms with van der Waals surface area (Å²) in [6.07, 6.45) is 3.22. The summed E-state index contributed by atoms with van der Waals surface area (Å²) in [7, 11) is 0. The van der Waals surface area contributed by atoms with E-state index in [0.29, 0.717) is 12.5 Å². The Hall–Kier alpha value is -1.35. The van der Waals surface area contributed by atoms with Crippen molar-refractivity contribution >= 4 is 5.97 Å². The van der Waals surface area contributed by atoms with E-state index >= 15 is 0 Å². The van der Waals surface area contributed by atoms with Crippen LogP contribution in [0.1, 0.15) is 50.7 Å². The van der Waals surface area contributed by atoms with Gasteiger partial charge in [0.05, 0.1) is 12.0 Å². The second kappa shape index (κ2) is 7.60. The Balaban J connectivity index is 1.85.